The number of carbonyl (C=O) groups excluding carboxylic acids is 1. The molecule has 0 radical (unpaired) electrons. The highest BCUT2D eigenvalue weighted by atomic mass is 35.5. The van der Waals surface area contributed by atoms with E-state index in [9.17, 15) is 4.79 Å². The lowest BCUT2D eigenvalue weighted by Crippen LogP contribution is -2.58. The largest absolute Gasteiger partial charge is 0.484 e. The van der Waals surface area contributed by atoms with Gasteiger partial charge in [0.05, 0.1) is 19.8 Å². The molecule has 0 fully saturated rings. The summed E-state index contributed by atoms with van der Waals surface area (Å²) in [5, 5.41) is 30.4. The van der Waals surface area contributed by atoms with Gasteiger partial charge in [0, 0.05) is 5.02 Å². The van der Waals surface area contributed by atoms with Crippen molar-refractivity contribution in [3.63, 3.8) is 0 Å². The molecule has 118 valence electrons. The Morgan fingerprint density at radius 1 is 1.19 bits per heavy atom. The fraction of sp³-hybridized carbons (Fsp3) is 0.500. The van der Waals surface area contributed by atoms with Crippen LogP contribution in [-0.4, -0.2) is 53.2 Å². The number of halogens is 1. The zero-order valence-electron chi connectivity index (χ0n) is 12.0. The third-order valence-corrected chi connectivity index (χ3v) is 3.69. The molecule has 0 aliphatic rings. The molecular formula is C14H20ClNO5. The number of ether oxygens (including phenoxy) is 1. The maximum atomic E-state index is 11.7. The van der Waals surface area contributed by atoms with Crippen LogP contribution in [0.15, 0.2) is 12.1 Å². The van der Waals surface area contributed by atoms with E-state index in [1.54, 1.807) is 12.1 Å². The summed E-state index contributed by atoms with van der Waals surface area (Å²) in [5.74, 6) is -0.0652. The monoisotopic (exact) mass is 317 g/mol. The van der Waals surface area contributed by atoms with E-state index >= 15 is 0 Å². The number of aliphatic hydroxyl groups excluding tert-OH is 3. The molecule has 21 heavy (non-hydrogen) atoms. The van der Waals surface area contributed by atoms with Gasteiger partial charge in [-0.15, -0.1) is 0 Å². The second-order valence-corrected chi connectivity index (χ2v) is 5.34. The highest BCUT2D eigenvalue weighted by Gasteiger charge is 2.29. The van der Waals surface area contributed by atoms with E-state index in [1.807, 2.05) is 13.8 Å². The molecule has 0 saturated heterocycles. The molecule has 0 atom stereocenters. The van der Waals surface area contributed by atoms with Gasteiger partial charge in [0.2, 0.25) is 0 Å². The number of aryl methyl sites for hydroxylation is 2. The number of nitrogens with one attached hydrogen (secondary N) is 1. The van der Waals surface area contributed by atoms with Crippen molar-refractivity contribution in [1.29, 1.82) is 0 Å². The van der Waals surface area contributed by atoms with Gasteiger partial charge in [-0.3, -0.25) is 4.79 Å². The minimum absolute atomic E-state index is 0.303. The van der Waals surface area contributed by atoms with Crippen molar-refractivity contribution in [2.45, 2.75) is 19.4 Å². The zero-order chi connectivity index (χ0) is 16.0. The third kappa shape index (κ3) is 4.57. The maximum absolute atomic E-state index is 11.7. The summed E-state index contributed by atoms with van der Waals surface area (Å²) in [7, 11) is 0. The molecule has 1 amide bonds. The van der Waals surface area contributed by atoms with Crippen LogP contribution in [0.3, 0.4) is 0 Å². The van der Waals surface area contributed by atoms with Gasteiger partial charge in [0.25, 0.3) is 5.91 Å². The second-order valence-electron chi connectivity index (χ2n) is 4.96. The van der Waals surface area contributed by atoms with Gasteiger partial charge in [-0.05, 0) is 37.1 Å². The minimum atomic E-state index is -1.45. The van der Waals surface area contributed by atoms with Crippen molar-refractivity contribution in [2.24, 2.45) is 0 Å². The molecule has 1 aromatic carbocycles. The summed E-state index contributed by atoms with van der Waals surface area (Å²) in [5.41, 5.74) is 0.219. The topological polar surface area (TPSA) is 99.0 Å². The fourth-order valence-corrected chi connectivity index (χ4v) is 1.85. The van der Waals surface area contributed by atoms with Crippen molar-refractivity contribution in [1.82, 2.24) is 5.32 Å². The van der Waals surface area contributed by atoms with Gasteiger partial charge >= 0.3 is 0 Å². The van der Waals surface area contributed by atoms with Crippen LogP contribution in [0, 0.1) is 13.8 Å². The van der Waals surface area contributed by atoms with Crippen molar-refractivity contribution >= 4 is 17.5 Å². The molecule has 0 aromatic heterocycles. The number of rotatable bonds is 7. The van der Waals surface area contributed by atoms with Gasteiger partial charge in [0.15, 0.2) is 6.61 Å². The number of hydrogen-bond donors (Lipinski definition) is 4. The van der Waals surface area contributed by atoms with Crippen LogP contribution in [-0.2, 0) is 4.79 Å². The number of aliphatic hydroxyl groups is 3. The first-order chi connectivity index (χ1) is 9.87. The van der Waals surface area contributed by atoms with Crippen LogP contribution in [0.25, 0.3) is 0 Å². The van der Waals surface area contributed by atoms with Crippen LogP contribution < -0.4 is 10.1 Å². The molecule has 7 heteroatoms. The third-order valence-electron chi connectivity index (χ3n) is 3.09. The Labute approximate surface area is 128 Å². The Morgan fingerprint density at radius 3 is 2.10 bits per heavy atom. The normalized spacial score (nSPS) is 11.3. The van der Waals surface area contributed by atoms with E-state index in [4.69, 9.17) is 31.7 Å². The summed E-state index contributed by atoms with van der Waals surface area (Å²) in [4.78, 5) is 11.7. The van der Waals surface area contributed by atoms with Gasteiger partial charge < -0.3 is 25.4 Å². The maximum Gasteiger partial charge on any atom is 0.258 e. The highest BCUT2D eigenvalue weighted by Crippen LogP contribution is 2.25. The first kappa shape index (κ1) is 17.7. The Bertz CT molecular complexity index is 471. The standard InChI is InChI=1S/C14H20ClNO5/c1-9-3-11(4-10(2)13(9)15)21-5-12(20)16-14(6-17,7-18)8-19/h3-4,17-19H,5-8H2,1-2H3,(H,16,20). The Morgan fingerprint density at radius 2 is 1.67 bits per heavy atom. The number of carbonyl (C=O) groups is 1. The Balaban J connectivity index is 2.65. The molecule has 4 N–H and O–H groups in total. The molecule has 0 aliphatic heterocycles. The Kier molecular flexibility index (Phi) is 6.42. The highest BCUT2D eigenvalue weighted by molar-refractivity contribution is 6.32. The lowest BCUT2D eigenvalue weighted by molar-refractivity contribution is -0.127. The molecule has 0 bridgehead atoms. The Hall–Kier alpha value is -1.34. The van der Waals surface area contributed by atoms with E-state index in [0.29, 0.717) is 10.8 Å². The van der Waals surface area contributed by atoms with E-state index in [2.05, 4.69) is 5.32 Å². The van der Waals surface area contributed by atoms with Crippen molar-refractivity contribution in [3.8, 4) is 5.75 Å². The van der Waals surface area contributed by atoms with E-state index < -0.39 is 31.3 Å². The quantitative estimate of drug-likeness (QED) is 0.574. The lowest BCUT2D eigenvalue weighted by Gasteiger charge is -2.28. The van der Waals surface area contributed by atoms with Crippen LogP contribution in [0.1, 0.15) is 11.1 Å². The van der Waals surface area contributed by atoms with E-state index in [1.165, 1.54) is 0 Å². The van der Waals surface area contributed by atoms with Gasteiger partial charge in [-0.25, -0.2) is 0 Å². The van der Waals surface area contributed by atoms with Crippen molar-refractivity contribution in [3.05, 3.63) is 28.3 Å². The molecule has 1 aromatic rings. The fourth-order valence-electron chi connectivity index (χ4n) is 1.74. The molecule has 0 heterocycles. The summed E-state index contributed by atoms with van der Waals surface area (Å²) < 4.78 is 5.35. The summed E-state index contributed by atoms with van der Waals surface area (Å²) in [6, 6.07) is 3.42. The predicted octanol–water partition coefficient (Wildman–Crippen LogP) is 0.168. The van der Waals surface area contributed by atoms with Crippen molar-refractivity contribution in [2.75, 3.05) is 26.4 Å². The van der Waals surface area contributed by atoms with Crippen LogP contribution >= 0.6 is 11.6 Å². The van der Waals surface area contributed by atoms with Crippen LogP contribution in [0.2, 0.25) is 5.02 Å². The smallest absolute Gasteiger partial charge is 0.258 e. The number of amides is 1. The molecule has 1 rings (SSSR count). The zero-order valence-corrected chi connectivity index (χ0v) is 12.8. The van der Waals surface area contributed by atoms with Crippen LogP contribution in [0.4, 0.5) is 0 Å². The first-order valence-electron chi connectivity index (χ1n) is 6.40. The number of hydrogen-bond acceptors (Lipinski definition) is 5. The van der Waals surface area contributed by atoms with Crippen molar-refractivity contribution < 1.29 is 24.9 Å². The van der Waals surface area contributed by atoms with Gasteiger partial charge in [-0.1, -0.05) is 11.6 Å². The summed E-state index contributed by atoms with van der Waals surface area (Å²) >= 11 is 6.04. The summed E-state index contributed by atoms with van der Waals surface area (Å²) in [6.07, 6.45) is 0. The second kappa shape index (κ2) is 7.61. The first-order valence-corrected chi connectivity index (χ1v) is 6.78. The average Bonchev–Trinajstić information content (AvgIpc) is 2.48. The molecule has 0 unspecified atom stereocenters. The minimum Gasteiger partial charge on any atom is -0.484 e. The molecule has 6 nitrogen and oxygen atoms in total. The van der Waals surface area contributed by atoms with Gasteiger partial charge in [0.1, 0.15) is 11.3 Å². The SMILES string of the molecule is Cc1cc(OCC(=O)NC(CO)(CO)CO)cc(C)c1Cl. The molecule has 0 spiro atoms. The van der Waals surface area contributed by atoms with E-state index in [-0.39, 0.29) is 6.61 Å². The van der Waals surface area contributed by atoms with Crippen LogP contribution in [0.5, 0.6) is 5.75 Å². The predicted molar refractivity (Wildman–Crippen MR) is 78.6 cm³/mol. The summed E-state index contributed by atoms with van der Waals surface area (Å²) in [6.45, 7) is 1.62. The van der Waals surface area contributed by atoms with Gasteiger partial charge in [-0.2, -0.15) is 0 Å². The van der Waals surface area contributed by atoms with E-state index in [0.717, 1.165) is 11.1 Å². The lowest BCUT2D eigenvalue weighted by atomic mass is 10.0. The molecular weight excluding hydrogens is 298 g/mol. The number of benzene rings is 1. The molecule has 0 saturated carbocycles. The molecule has 0 aliphatic carbocycles. The average molecular weight is 318 g/mol.